The van der Waals surface area contributed by atoms with Crippen molar-refractivity contribution in [2.45, 2.75) is 46.2 Å². The number of ether oxygens (including phenoxy) is 1. The Balaban J connectivity index is 4.94. The Morgan fingerprint density at radius 1 is 1.32 bits per heavy atom. The highest BCUT2D eigenvalue weighted by molar-refractivity contribution is 5.84. The van der Waals surface area contributed by atoms with E-state index in [4.69, 9.17) is 4.74 Å². The number of alkyl halides is 1. The minimum atomic E-state index is -1.03. The number of carbonyl (C=O) groups excluding carboxylic acids is 1. The van der Waals surface area contributed by atoms with Crippen molar-refractivity contribution in [3.63, 3.8) is 0 Å². The van der Waals surface area contributed by atoms with Gasteiger partial charge < -0.3 is 14.7 Å². The second-order valence-electron chi connectivity index (χ2n) is 4.80. The van der Waals surface area contributed by atoms with E-state index in [1.165, 1.54) is 4.90 Å². The van der Waals surface area contributed by atoms with Crippen LogP contribution in [0.4, 0.5) is 4.39 Å². The largest absolute Gasteiger partial charge is 0.480 e. The number of nitrogens with zero attached hydrogens (tertiary/aromatic N) is 1. The molecule has 0 spiro atoms. The van der Waals surface area contributed by atoms with Crippen LogP contribution in [-0.2, 0) is 14.3 Å². The maximum absolute atomic E-state index is 12.0. The van der Waals surface area contributed by atoms with E-state index >= 15 is 0 Å². The van der Waals surface area contributed by atoms with Crippen LogP contribution in [0.25, 0.3) is 0 Å². The number of rotatable bonds is 9. The lowest BCUT2D eigenvalue weighted by molar-refractivity contribution is -0.156. The van der Waals surface area contributed by atoms with Crippen LogP contribution in [-0.4, -0.2) is 53.9 Å². The molecule has 0 aromatic carbocycles. The molecule has 5 nitrogen and oxygen atoms in total. The molecule has 2 atom stereocenters. The van der Waals surface area contributed by atoms with Crippen molar-refractivity contribution in [2.24, 2.45) is 5.92 Å². The maximum Gasteiger partial charge on any atom is 0.326 e. The normalized spacial score (nSPS) is 14.2. The van der Waals surface area contributed by atoms with Gasteiger partial charge in [0.1, 0.15) is 19.3 Å². The number of aliphatic carboxylic acids is 1. The molecule has 0 radical (unpaired) electrons. The fourth-order valence-corrected chi connectivity index (χ4v) is 1.91. The number of hydrogen-bond acceptors (Lipinski definition) is 3. The molecule has 0 saturated heterocycles. The molecule has 112 valence electrons. The molecule has 6 heteroatoms. The topological polar surface area (TPSA) is 66.8 Å². The summed E-state index contributed by atoms with van der Waals surface area (Å²) in [5.74, 6) is -1.61. The molecule has 0 rings (SSSR count). The molecule has 0 aliphatic carbocycles. The summed E-state index contributed by atoms with van der Waals surface area (Å²) >= 11 is 0. The smallest absolute Gasteiger partial charge is 0.326 e. The summed E-state index contributed by atoms with van der Waals surface area (Å²) in [7, 11) is 0. The lowest BCUT2D eigenvalue weighted by Gasteiger charge is -2.35. The van der Waals surface area contributed by atoms with Gasteiger partial charge in [-0.3, -0.25) is 4.79 Å². The molecule has 0 aliphatic rings. The van der Waals surface area contributed by atoms with Gasteiger partial charge in [0.05, 0.1) is 6.61 Å². The quantitative estimate of drug-likeness (QED) is 0.651. The fraction of sp³-hybridized carbons (Fsp3) is 0.846. The summed E-state index contributed by atoms with van der Waals surface area (Å²) in [4.78, 5) is 24.7. The number of carboxylic acids is 1. The minimum Gasteiger partial charge on any atom is -0.480 e. The third-order valence-corrected chi connectivity index (χ3v) is 3.03. The maximum atomic E-state index is 12.0. The number of carboxylic acid groups (broad SMARTS) is 1. The lowest BCUT2D eigenvalue weighted by Crippen LogP contribution is -2.53. The Hall–Kier alpha value is -1.17. The highest BCUT2D eigenvalue weighted by atomic mass is 19.1. The van der Waals surface area contributed by atoms with Crippen LogP contribution in [0.3, 0.4) is 0 Å². The molecule has 1 amide bonds. The van der Waals surface area contributed by atoms with Gasteiger partial charge in [-0.15, -0.1) is 0 Å². The number of halogens is 1. The van der Waals surface area contributed by atoms with Crippen LogP contribution in [0.15, 0.2) is 0 Å². The van der Waals surface area contributed by atoms with E-state index in [0.29, 0.717) is 6.42 Å². The zero-order valence-electron chi connectivity index (χ0n) is 12.1. The zero-order valence-corrected chi connectivity index (χ0v) is 12.1. The van der Waals surface area contributed by atoms with Crippen LogP contribution in [0.5, 0.6) is 0 Å². The van der Waals surface area contributed by atoms with Gasteiger partial charge in [-0.1, -0.05) is 20.3 Å². The highest BCUT2D eigenvalue weighted by Crippen LogP contribution is 2.18. The van der Waals surface area contributed by atoms with Crippen molar-refractivity contribution in [3.05, 3.63) is 0 Å². The molecule has 0 saturated carbocycles. The van der Waals surface area contributed by atoms with E-state index in [2.05, 4.69) is 0 Å². The Morgan fingerprint density at radius 3 is 2.26 bits per heavy atom. The van der Waals surface area contributed by atoms with Crippen molar-refractivity contribution in [2.75, 3.05) is 19.9 Å². The third kappa shape index (κ3) is 5.55. The first-order valence-electron chi connectivity index (χ1n) is 6.54. The third-order valence-electron chi connectivity index (χ3n) is 3.03. The Bertz CT molecular complexity index is 296. The van der Waals surface area contributed by atoms with E-state index in [1.54, 1.807) is 20.8 Å². The van der Waals surface area contributed by atoms with Crippen molar-refractivity contribution >= 4 is 11.9 Å². The van der Waals surface area contributed by atoms with Crippen molar-refractivity contribution in [3.8, 4) is 0 Å². The lowest BCUT2D eigenvalue weighted by atomic mass is 9.96. The van der Waals surface area contributed by atoms with Crippen LogP contribution in [0, 0.1) is 5.92 Å². The second kappa shape index (κ2) is 8.85. The van der Waals surface area contributed by atoms with Crippen LogP contribution in [0.2, 0.25) is 0 Å². The first-order chi connectivity index (χ1) is 8.86. The van der Waals surface area contributed by atoms with Crippen LogP contribution in [0.1, 0.15) is 34.1 Å². The zero-order chi connectivity index (χ0) is 15.0. The van der Waals surface area contributed by atoms with Gasteiger partial charge in [-0.25, -0.2) is 9.18 Å². The Kier molecular flexibility index (Phi) is 8.30. The molecule has 0 fully saturated rings. The molecular formula is C13H24FNO4. The number of amides is 1. The van der Waals surface area contributed by atoms with Gasteiger partial charge in [0.15, 0.2) is 0 Å². The minimum absolute atomic E-state index is 0.154. The van der Waals surface area contributed by atoms with E-state index in [0.717, 1.165) is 0 Å². The molecule has 1 N–H and O–H groups in total. The predicted octanol–water partition coefficient (Wildman–Crippen LogP) is 1.71. The fourth-order valence-electron chi connectivity index (χ4n) is 1.91. The molecule has 19 heavy (non-hydrogen) atoms. The van der Waals surface area contributed by atoms with Crippen LogP contribution >= 0.6 is 0 Å². The van der Waals surface area contributed by atoms with Crippen LogP contribution < -0.4 is 0 Å². The average Bonchev–Trinajstić information content (AvgIpc) is 2.33. The van der Waals surface area contributed by atoms with Gasteiger partial charge in [-0.2, -0.15) is 0 Å². The predicted molar refractivity (Wildman–Crippen MR) is 69.7 cm³/mol. The standard InChI is InChI=1S/C13H24FNO4/c1-5-10(4)12(13(17)18)15(9(2)3)11(16)8-19-7-6-14/h9-10,12H,5-8H2,1-4H3,(H,17,18). The molecule has 0 aromatic heterocycles. The SMILES string of the molecule is CCC(C)C(C(=O)O)N(C(=O)COCCF)C(C)C. The average molecular weight is 277 g/mol. The Labute approximate surface area is 113 Å². The van der Waals surface area contributed by atoms with Crippen molar-refractivity contribution in [1.82, 2.24) is 4.90 Å². The summed E-state index contributed by atoms with van der Waals surface area (Å²) < 4.78 is 16.8. The van der Waals surface area contributed by atoms with Crippen molar-refractivity contribution < 1.29 is 23.8 Å². The van der Waals surface area contributed by atoms with Gasteiger partial charge in [-0.05, 0) is 19.8 Å². The molecule has 0 heterocycles. The molecule has 0 aliphatic heterocycles. The summed E-state index contributed by atoms with van der Waals surface area (Å²) in [6, 6.07) is -1.14. The van der Waals surface area contributed by atoms with E-state index in [-0.39, 0.29) is 25.2 Å². The van der Waals surface area contributed by atoms with Gasteiger partial charge in [0, 0.05) is 6.04 Å². The van der Waals surface area contributed by atoms with Crippen molar-refractivity contribution in [1.29, 1.82) is 0 Å². The first kappa shape index (κ1) is 17.8. The molecule has 2 unspecified atom stereocenters. The van der Waals surface area contributed by atoms with E-state index in [9.17, 15) is 19.1 Å². The number of hydrogen-bond donors (Lipinski definition) is 1. The van der Waals surface area contributed by atoms with E-state index in [1.807, 2.05) is 6.92 Å². The molecular weight excluding hydrogens is 253 g/mol. The molecule has 0 aromatic rings. The first-order valence-corrected chi connectivity index (χ1v) is 6.54. The monoisotopic (exact) mass is 277 g/mol. The van der Waals surface area contributed by atoms with Gasteiger partial charge in [0.2, 0.25) is 5.91 Å². The highest BCUT2D eigenvalue weighted by Gasteiger charge is 2.35. The summed E-state index contributed by atoms with van der Waals surface area (Å²) in [5, 5.41) is 9.32. The van der Waals surface area contributed by atoms with Gasteiger partial charge in [0.25, 0.3) is 0 Å². The summed E-state index contributed by atoms with van der Waals surface area (Å²) in [5.41, 5.74) is 0. The number of carbonyl (C=O) groups is 2. The Morgan fingerprint density at radius 2 is 1.89 bits per heavy atom. The second-order valence-corrected chi connectivity index (χ2v) is 4.80. The van der Waals surface area contributed by atoms with Gasteiger partial charge >= 0.3 is 5.97 Å². The summed E-state index contributed by atoms with van der Waals surface area (Å²) in [6.07, 6.45) is 0.652. The van der Waals surface area contributed by atoms with E-state index < -0.39 is 24.6 Å². The summed E-state index contributed by atoms with van der Waals surface area (Å²) in [6.45, 7) is 6.08. The molecule has 0 bridgehead atoms.